The van der Waals surface area contributed by atoms with Crippen LogP contribution in [0.4, 0.5) is 0 Å². The van der Waals surface area contributed by atoms with Crippen molar-refractivity contribution in [3.8, 4) is 5.75 Å². The van der Waals surface area contributed by atoms with Gasteiger partial charge >= 0.3 is 0 Å². The first kappa shape index (κ1) is 27.9. The van der Waals surface area contributed by atoms with E-state index in [0.717, 1.165) is 25.7 Å². The predicted octanol–water partition coefficient (Wildman–Crippen LogP) is -0.668. The summed E-state index contributed by atoms with van der Waals surface area (Å²) in [5.41, 5.74) is 2.21. The number of aliphatic hydroxyl groups excluding tert-OH is 3. The molecule has 1 aromatic carbocycles. The Hall–Kier alpha value is -2.64. The number of hydrogen-bond acceptors (Lipinski definition) is 10. The number of amides is 1. The molecule has 3 saturated carbocycles. The lowest BCUT2D eigenvalue weighted by molar-refractivity contribution is -0.198. The van der Waals surface area contributed by atoms with Gasteiger partial charge in [0.05, 0.1) is 17.8 Å². The molecular formula is C27H34N2O9S. The third-order valence-corrected chi connectivity index (χ3v) is 11.1. The Morgan fingerprint density at radius 2 is 1.77 bits per heavy atom. The van der Waals surface area contributed by atoms with Crippen molar-refractivity contribution in [2.75, 3.05) is 19.8 Å². The van der Waals surface area contributed by atoms with Gasteiger partial charge in [0.2, 0.25) is 11.7 Å². The maximum atomic E-state index is 14.1. The maximum absolute atomic E-state index is 14.1. The number of ketones is 2. The predicted molar refractivity (Wildman–Crippen MR) is 140 cm³/mol. The van der Waals surface area contributed by atoms with Gasteiger partial charge in [-0.15, -0.1) is 0 Å². The van der Waals surface area contributed by atoms with E-state index >= 15 is 0 Å². The third kappa shape index (κ3) is 3.91. The van der Waals surface area contributed by atoms with Gasteiger partial charge in [0.25, 0.3) is 0 Å². The first-order valence-electron chi connectivity index (χ1n) is 13.1. The molecular weight excluding hydrogens is 528 g/mol. The van der Waals surface area contributed by atoms with Crippen LogP contribution in [-0.4, -0.2) is 101 Å². The van der Waals surface area contributed by atoms with Gasteiger partial charge in [0.1, 0.15) is 17.4 Å². The molecule has 39 heavy (non-hydrogen) atoms. The highest BCUT2D eigenvalue weighted by Gasteiger charge is 2.71. The molecule has 3 fully saturated rings. The summed E-state index contributed by atoms with van der Waals surface area (Å²) in [7, 11) is 1.62. The fourth-order valence-corrected chi connectivity index (χ4v) is 9.29. The fourth-order valence-electron chi connectivity index (χ4n) is 7.42. The lowest BCUT2D eigenvalue weighted by Crippen LogP contribution is -2.77. The van der Waals surface area contributed by atoms with Crippen molar-refractivity contribution in [3.63, 3.8) is 0 Å². The van der Waals surface area contributed by atoms with E-state index in [1.807, 2.05) is 0 Å². The minimum atomic E-state index is -3.00. The summed E-state index contributed by atoms with van der Waals surface area (Å²) in [6, 6.07) is 3.21. The number of carbonyl (C=O) groups is 3. The molecule has 0 aliphatic heterocycles. The molecule has 0 radical (unpaired) electrons. The van der Waals surface area contributed by atoms with Crippen LogP contribution in [-0.2, 0) is 25.2 Å². The number of hydrogen-bond donors (Lipinski definition) is 6. The molecule has 7 N–H and O–H groups in total. The zero-order chi connectivity index (χ0) is 28.5. The topological polar surface area (TPSA) is 199 Å². The van der Waals surface area contributed by atoms with Gasteiger partial charge in [-0.25, -0.2) is 0 Å². The Labute approximate surface area is 227 Å². The number of phenolic OH excluding ortho intramolecular Hbond substituents is 1. The first-order chi connectivity index (χ1) is 18.3. The molecule has 9 atom stereocenters. The third-order valence-electron chi connectivity index (χ3n) is 9.18. The van der Waals surface area contributed by atoms with Crippen molar-refractivity contribution in [1.29, 1.82) is 0 Å². The summed E-state index contributed by atoms with van der Waals surface area (Å²) in [4.78, 5) is 41.3. The SMILES string of the molecule is CN(C)[C@@H]1C(O)C(C(N)=O)C(=O)[C@@]2(O)C(=O)C3=C(O)c4c(O)cccc4[C@H](CS(=O)C4CCCC4)[C@H]3[C@H](O)[C@@H]12. The quantitative estimate of drug-likeness (QED) is 0.250. The Morgan fingerprint density at radius 1 is 1.13 bits per heavy atom. The van der Waals surface area contributed by atoms with Crippen molar-refractivity contribution in [2.24, 2.45) is 23.5 Å². The number of likely N-dealkylation sites (N-methyl/N-ethyl adjacent to an activating group) is 1. The maximum Gasteiger partial charge on any atom is 0.230 e. The van der Waals surface area contributed by atoms with Gasteiger partial charge in [0, 0.05) is 51.2 Å². The number of primary amides is 1. The Bertz CT molecular complexity index is 1290. The van der Waals surface area contributed by atoms with Crippen LogP contribution in [0.25, 0.3) is 5.76 Å². The smallest absolute Gasteiger partial charge is 0.230 e. The summed E-state index contributed by atoms with van der Waals surface area (Å²) < 4.78 is 13.5. The number of nitrogens with zero attached hydrogens (tertiary/aromatic N) is 1. The van der Waals surface area contributed by atoms with Crippen LogP contribution in [0, 0.1) is 17.8 Å². The van der Waals surface area contributed by atoms with Crippen LogP contribution in [0.5, 0.6) is 5.75 Å². The molecule has 1 aromatic rings. The number of rotatable bonds is 5. The summed E-state index contributed by atoms with van der Waals surface area (Å²) in [5.74, 6) is -10.5. The zero-order valence-corrected chi connectivity index (χ0v) is 22.5. The van der Waals surface area contributed by atoms with E-state index in [0.29, 0.717) is 5.56 Å². The zero-order valence-electron chi connectivity index (χ0n) is 21.7. The monoisotopic (exact) mass is 562 g/mol. The molecule has 0 heterocycles. The normalized spacial score (nSPS) is 37.4. The number of carbonyl (C=O) groups excluding carboxylic acids is 3. The molecule has 12 heteroatoms. The number of nitrogens with two attached hydrogens (primary N) is 1. The Morgan fingerprint density at radius 3 is 2.36 bits per heavy atom. The molecule has 0 bridgehead atoms. The number of aliphatic hydroxyl groups is 4. The van der Waals surface area contributed by atoms with Gasteiger partial charge in [0.15, 0.2) is 11.4 Å². The highest BCUT2D eigenvalue weighted by atomic mass is 32.2. The largest absolute Gasteiger partial charge is 0.507 e. The molecule has 0 saturated heterocycles. The molecule has 5 rings (SSSR count). The molecule has 11 nitrogen and oxygen atoms in total. The minimum absolute atomic E-state index is 0.00506. The number of phenols is 1. The minimum Gasteiger partial charge on any atom is -0.507 e. The van der Waals surface area contributed by atoms with E-state index < -0.39 is 87.1 Å². The van der Waals surface area contributed by atoms with Gasteiger partial charge in [-0.1, -0.05) is 25.0 Å². The van der Waals surface area contributed by atoms with E-state index in [9.17, 15) is 44.1 Å². The Kier molecular flexibility index (Phi) is 6.99. The van der Waals surface area contributed by atoms with Crippen LogP contribution in [0.3, 0.4) is 0 Å². The average Bonchev–Trinajstić information content (AvgIpc) is 3.40. The van der Waals surface area contributed by atoms with Crippen molar-refractivity contribution in [2.45, 2.75) is 60.7 Å². The summed E-state index contributed by atoms with van der Waals surface area (Å²) in [5, 5.41) is 56.7. The van der Waals surface area contributed by atoms with E-state index in [4.69, 9.17) is 5.73 Å². The fraction of sp³-hybridized carbons (Fsp3) is 0.593. The van der Waals surface area contributed by atoms with E-state index in [2.05, 4.69) is 0 Å². The average molecular weight is 563 g/mol. The van der Waals surface area contributed by atoms with E-state index in [-0.39, 0.29) is 22.3 Å². The summed E-state index contributed by atoms with van der Waals surface area (Å²) in [6.07, 6.45) is -0.00159. The van der Waals surface area contributed by atoms with Crippen LogP contribution < -0.4 is 5.73 Å². The summed E-state index contributed by atoms with van der Waals surface area (Å²) >= 11 is 0. The molecule has 212 valence electrons. The summed E-state index contributed by atoms with van der Waals surface area (Å²) in [6.45, 7) is 0. The van der Waals surface area contributed by atoms with E-state index in [1.54, 1.807) is 12.1 Å². The van der Waals surface area contributed by atoms with Gasteiger partial charge in [-0.05, 0) is 38.6 Å². The lowest BCUT2D eigenvalue weighted by atomic mass is 9.51. The molecule has 3 unspecified atom stereocenters. The number of aromatic hydroxyl groups is 1. The lowest BCUT2D eigenvalue weighted by Gasteiger charge is -2.56. The van der Waals surface area contributed by atoms with Crippen LogP contribution in [0.2, 0.25) is 0 Å². The second-order valence-corrected chi connectivity index (χ2v) is 13.2. The van der Waals surface area contributed by atoms with Crippen molar-refractivity contribution in [3.05, 3.63) is 34.9 Å². The molecule has 1 amide bonds. The second-order valence-electron chi connectivity index (χ2n) is 11.4. The Balaban J connectivity index is 1.72. The van der Waals surface area contributed by atoms with Gasteiger partial charge in [-0.3, -0.25) is 18.6 Å². The molecule has 4 aliphatic carbocycles. The van der Waals surface area contributed by atoms with Gasteiger partial charge < -0.3 is 36.2 Å². The molecule has 0 aromatic heterocycles. The number of fused-ring (bicyclic) bond motifs is 3. The highest BCUT2D eigenvalue weighted by Crippen LogP contribution is 2.56. The second kappa shape index (κ2) is 9.77. The molecule has 4 aliphatic rings. The first-order valence-corrected chi connectivity index (χ1v) is 14.5. The standard InChI is InChI=1S/C27H34N2O9S/c1-29(2)20-19-22(32)16-13(10-39(38)11-6-3-4-7-11)12-8-5-9-14(30)15(12)21(31)17(16)24(34)27(19,37)25(35)18(23(20)33)26(28)36/h5,8-9,11,13,16,18-20,22-23,30-33,37H,3-4,6-7,10H2,1-2H3,(H2,28,36)/t13-,16+,18?,19+,20-,22-,23?,27-,39?/m0/s1. The highest BCUT2D eigenvalue weighted by molar-refractivity contribution is 7.85. The van der Waals surface area contributed by atoms with Crippen molar-refractivity contribution >= 4 is 34.0 Å². The van der Waals surface area contributed by atoms with Crippen LogP contribution >= 0.6 is 0 Å². The number of benzene rings is 1. The number of Topliss-reactive ketones (excluding diaryl/α,β-unsaturated/α-hetero) is 2. The van der Waals surface area contributed by atoms with E-state index in [1.165, 1.54) is 25.1 Å². The van der Waals surface area contributed by atoms with Crippen LogP contribution in [0.15, 0.2) is 23.8 Å². The van der Waals surface area contributed by atoms with Crippen molar-refractivity contribution < 1.29 is 44.1 Å². The molecule has 0 spiro atoms. The van der Waals surface area contributed by atoms with Gasteiger partial charge in [-0.2, -0.15) is 0 Å². The van der Waals surface area contributed by atoms with Crippen LogP contribution in [0.1, 0.15) is 42.7 Å². The van der Waals surface area contributed by atoms with Crippen molar-refractivity contribution in [1.82, 2.24) is 4.90 Å².